The Morgan fingerprint density at radius 3 is 2.75 bits per heavy atom. The molecule has 1 rings (SSSR count). The van der Waals surface area contributed by atoms with Crippen molar-refractivity contribution in [3.8, 4) is 0 Å². The SMILES string of the molecule is COCCNC(=O)CNC(=O)CCc1cccc(Br)c1. The monoisotopic (exact) mass is 342 g/mol. The minimum Gasteiger partial charge on any atom is -0.383 e. The lowest BCUT2D eigenvalue weighted by atomic mass is 10.1. The second-order valence-electron chi connectivity index (χ2n) is 4.25. The van der Waals surface area contributed by atoms with Gasteiger partial charge in [-0.3, -0.25) is 9.59 Å². The average Bonchev–Trinajstić information content (AvgIpc) is 2.43. The fraction of sp³-hybridized carbons (Fsp3) is 0.429. The highest BCUT2D eigenvalue weighted by Crippen LogP contribution is 2.12. The molecule has 0 unspecified atom stereocenters. The van der Waals surface area contributed by atoms with Crippen molar-refractivity contribution in [3.05, 3.63) is 34.3 Å². The summed E-state index contributed by atoms with van der Waals surface area (Å²) in [6, 6.07) is 7.81. The van der Waals surface area contributed by atoms with Gasteiger partial charge in [-0.05, 0) is 24.1 Å². The van der Waals surface area contributed by atoms with Crippen molar-refractivity contribution in [3.63, 3.8) is 0 Å². The molecule has 0 atom stereocenters. The summed E-state index contributed by atoms with van der Waals surface area (Å²) in [4.78, 5) is 23.0. The van der Waals surface area contributed by atoms with E-state index in [1.54, 1.807) is 7.11 Å². The molecule has 2 amide bonds. The third-order valence-corrected chi connectivity index (χ3v) is 3.10. The zero-order valence-electron chi connectivity index (χ0n) is 11.4. The number of rotatable bonds is 8. The summed E-state index contributed by atoms with van der Waals surface area (Å²) in [5.74, 6) is -0.343. The predicted molar refractivity (Wildman–Crippen MR) is 80.4 cm³/mol. The number of amides is 2. The molecule has 0 spiro atoms. The molecular formula is C14H19BrN2O3. The maximum absolute atomic E-state index is 11.6. The zero-order chi connectivity index (χ0) is 14.8. The zero-order valence-corrected chi connectivity index (χ0v) is 13.0. The second-order valence-corrected chi connectivity index (χ2v) is 5.17. The Balaban J connectivity index is 2.19. The van der Waals surface area contributed by atoms with E-state index in [-0.39, 0.29) is 18.4 Å². The molecule has 1 aromatic rings. The Labute approximate surface area is 127 Å². The third kappa shape index (κ3) is 7.25. The van der Waals surface area contributed by atoms with Crippen LogP contribution in [0.25, 0.3) is 0 Å². The molecule has 0 aliphatic carbocycles. The normalized spacial score (nSPS) is 10.1. The maximum Gasteiger partial charge on any atom is 0.239 e. The third-order valence-electron chi connectivity index (χ3n) is 2.60. The fourth-order valence-electron chi connectivity index (χ4n) is 1.57. The topological polar surface area (TPSA) is 67.4 Å². The molecule has 0 aromatic heterocycles. The number of benzene rings is 1. The molecule has 0 heterocycles. The molecule has 110 valence electrons. The van der Waals surface area contributed by atoms with Gasteiger partial charge in [-0.15, -0.1) is 0 Å². The van der Waals surface area contributed by atoms with E-state index < -0.39 is 0 Å². The highest BCUT2D eigenvalue weighted by atomic mass is 79.9. The molecule has 1 aromatic carbocycles. The van der Waals surface area contributed by atoms with E-state index in [0.717, 1.165) is 10.0 Å². The number of aryl methyl sites for hydroxylation is 1. The minimum atomic E-state index is -0.210. The van der Waals surface area contributed by atoms with Crippen LogP contribution in [0.4, 0.5) is 0 Å². The van der Waals surface area contributed by atoms with E-state index in [2.05, 4.69) is 26.6 Å². The van der Waals surface area contributed by atoms with E-state index in [9.17, 15) is 9.59 Å². The van der Waals surface area contributed by atoms with Gasteiger partial charge in [0.2, 0.25) is 11.8 Å². The van der Waals surface area contributed by atoms with Gasteiger partial charge in [0.15, 0.2) is 0 Å². The Kier molecular flexibility index (Phi) is 7.91. The van der Waals surface area contributed by atoms with Crippen LogP contribution in [0.5, 0.6) is 0 Å². The van der Waals surface area contributed by atoms with E-state index >= 15 is 0 Å². The van der Waals surface area contributed by atoms with Gasteiger partial charge >= 0.3 is 0 Å². The quantitative estimate of drug-likeness (QED) is 0.699. The number of hydrogen-bond acceptors (Lipinski definition) is 3. The number of methoxy groups -OCH3 is 1. The molecule has 2 N–H and O–H groups in total. The van der Waals surface area contributed by atoms with Gasteiger partial charge in [-0.1, -0.05) is 28.1 Å². The van der Waals surface area contributed by atoms with Gasteiger partial charge in [0.1, 0.15) is 0 Å². The number of halogens is 1. The number of carbonyl (C=O) groups is 2. The summed E-state index contributed by atoms with van der Waals surface area (Å²) >= 11 is 3.39. The molecule has 20 heavy (non-hydrogen) atoms. The molecule has 0 bridgehead atoms. The first-order chi connectivity index (χ1) is 9.61. The van der Waals surface area contributed by atoms with Gasteiger partial charge < -0.3 is 15.4 Å². The van der Waals surface area contributed by atoms with Crippen molar-refractivity contribution >= 4 is 27.7 Å². The Morgan fingerprint density at radius 1 is 1.25 bits per heavy atom. The van der Waals surface area contributed by atoms with Crippen LogP contribution in [0, 0.1) is 0 Å². The summed E-state index contributed by atoms with van der Waals surface area (Å²) < 4.78 is 5.80. The molecule has 0 aliphatic rings. The number of nitrogens with one attached hydrogen (secondary N) is 2. The van der Waals surface area contributed by atoms with Crippen molar-refractivity contribution in [2.75, 3.05) is 26.8 Å². The fourth-order valence-corrected chi connectivity index (χ4v) is 2.02. The first-order valence-electron chi connectivity index (χ1n) is 6.38. The average molecular weight is 343 g/mol. The first kappa shape index (κ1) is 16.7. The van der Waals surface area contributed by atoms with Crippen molar-refractivity contribution in [1.82, 2.24) is 10.6 Å². The van der Waals surface area contributed by atoms with Crippen LogP contribution in [0.3, 0.4) is 0 Å². The van der Waals surface area contributed by atoms with Crippen LogP contribution in [0.1, 0.15) is 12.0 Å². The molecular weight excluding hydrogens is 324 g/mol. The standard InChI is InChI=1S/C14H19BrN2O3/c1-20-8-7-16-14(19)10-17-13(18)6-5-11-3-2-4-12(15)9-11/h2-4,9H,5-8,10H2,1H3,(H,16,19)(H,17,18). The molecule has 0 radical (unpaired) electrons. The van der Waals surface area contributed by atoms with Crippen molar-refractivity contribution < 1.29 is 14.3 Å². The lowest BCUT2D eigenvalue weighted by molar-refractivity contribution is -0.126. The van der Waals surface area contributed by atoms with Gasteiger partial charge in [-0.25, -0.2) is 0 Å². The molecule has 0 aliphatic heterocycles. The van der Waals surface area contributed by atoms with Crippen molar-refractivity contribution in [2.45, 2.75) is 12.8 Å². The molecule has 0 saturated carbocycles. The van der Waals surface area contributed by atoms with Crippen molar-refractivity contribution in [1.29, 1.82) is 0 Å². The van der Waals surface area contributed by atoms with E-state index in [0.29, 0.717) is 26.0 Å². The second kappa shape index (κ2) is 9.50. The smallest absolute Gasteiger partial charge is 0.239 e. The highest BCUT2D eigenvalue weighted by molar-refractivity contribution is 9.10. The van der Waals surface area contributed by atoms with Crippen LogP contribution >= 0.6 is 15.9 Å². The van der Waals surface area contributed by atoms with Crippen LogP contribution in [0.2, 0.25) is 0 Å². The molecule has 0 fully saturated rings. The Hall–Kier alpha value is -1.40. The lowest BCUT2D eigenvalue weighted by Crippen LogP contribution is -2.38. The molecule has 5 nitrogen and oxygen atoms in total. The van der Waals surface area contributed by atoms with Gasteiger partial charge in [-0.2, -0.15) is 0 Å². The van der Waals surface area contributed by atoms with E-state index in [1.807, 2.05) is 24.3 Å². The largest absolute Gasteiger partial charge is 0.383 e. The number of ether oxygens (including phenoxy) is 1. The minimum absolute atomic E-state index is 0.00102. The number of carbonyl (C=O) groups excluding carboxylic acids is 2. The van der Waals surface area contributed by atoms with Crippen LogP contribution < -0.4 is 10.6 Å². The van der Waals surface area contributed by atoms with E-state index in [4.69, 9.17) is 4.74 Å². The van der Waals surface area contributed by atoms with Crippen LogP contribution in [-0.4, -0.2) is 38.6 Å². The first-order valence-corrected chi connectivity index (χ1v) is 7.18. The van der Waals surface area contributed by atoms with Crippen LogP contribution in [0.15, 0.2) is 28.7 Å². The predicted octanol–water partition coefficient (Wildman–Crippen LogP) is 1.26. The van der Waals surface area contributed by atoms with Gasteiger partial charge in [0.25, 0.3) is 0 Å². The highest BCUT2D eigenvalue weighted by Gasteiger charge is 2.05. The Bertz CT molecular complexity index is 452. The Morgan fingerprint density at radius 2 is 2.05 bits per heavy atom. The molecule has 6 heteroatoms. The summed E-state index contributed by atoms with van der Waals surface area (Å²) in [6.45, 7) is 0.910. The summed E-state index contributed by atoms with van der Waals surface area (Å²) in [5, 5.41) is 5.23. The van der Waals surface area contributed by atoms with Crippen LogP contribution in [-0.2, 0) is 20.7 Å². The molecule has 0 saturated heterocycles. The maximum atomic E-state index is 11.6. The van der Waals surface area contributed by atoms with E-state index in [1.165, 1.54) is 0 Å². The summed E-state index contributed by atoms with van der Waals surface area (Å²) in [7, 11) is 1.57. The summed E-state index contributed by atoms with van der Waals surface area (Å²) in [5.41, 5.74) is 1.08. The van der Waals surface area contributed by atoms with Crippen molar-refractivity contribution in [2.24, 2.45) is 0 Å². The van der Waals surface area contributed by atoms with Gasteiger partial charge in [0, 0.05) is 24.5 Å². The van der Waals surface area contributed by atoms with Gasteiger partial charge in [0.05, 0.1) is 13.2 Å². The summed E-state index contributed by atoms with van der Waals surface area (Å²) in [6.07, 6.45) is 1.01. The number of hydrogen-bond donors (Lipinski definition) is 2. The lowest BCUT2D eigenvalue weighted by Gasteiger charge is -2.06.